The number of benzene rings is 2. The molecule has 1 aliphatic rings. The van der Waals surface area contributed by atoms with Crippen LogP contribution in [-0.4, -0.2) is 60.9 Å². The van der Waals surface area contributed by atoms with Crippen molar-refractivity contribution in [3.63, 3.8) is 0 Å². The highest BCUT2D eigenvalue weighted by molar-refractivity contribution is 5.89. The van der Waals surface area contributed by atoms with Crippen LogP contribution in [0, 0.1) is 25.2 Å². The van der Waals surface area contributed by atoms with Crippen LogP contribution in [0.5, 0.6) is 5.88 Å². The quantitative estimate of drug-likeness (QED) is 0.305. The average Bonchev–Trinajstić information content (AvgIpc) is 2.97. The third kappa shape index (κ3) is 7.72. The number of hydrogen-bond donors (Lipinski definition) is 1. The van der Waals surface area contributed by atoms with Gasteiger partial charge in [0, 0.05) is 49.3 Å². The van der Waals surface area contributed by atoms with Gasteiger partial charge in [-0.1, -0.05) is 30.8 Å². The lowest BCUT2D eigenvalue weighted by Gasteiger charge is -2.35. The standard InChI is InChI=1S/C33H38N4O4/c1-23-8-10-28(33(38)39)19-31(23)37(16-17-40-4)25(3)21-36-14-12-27(13-15-36)30-6-5-7-32(35-30)41-22-26-9-11-29(20-34)24(2)18-26/h5-11,18-19,27H,3,12-17,21-22H2,1-2,4H3,(H,38,39). The number of carboxylic acids is 1. The number of piperidine rings is 1. The summed E-state index contributed by atoms with van der Waals surface area (Å²) in [6.45, 7) is 12.3. The molecule has 1 saturated heterocycles. The van der Waals surface area contributed by atoms with E-state index < -0.39 is 5.97 Å². The highest BCUT2D eigenvalue weighted by Gasteiger charge is 2.24. The second kappa shape index (κ2) is 13.9. The summed E-state index contributed by atoms with van der Waals surface area (Å²) in [5.41, 5.74) is 6.67. The molecule has 3 aromatic rings. The zero-order valence-electron chi connectivity index (χ0n) is 24.1. The monoisotopic (exact) mass is 554 g/mol. The molecule has 1 N–H and O–H groups in total. The van der Waals surface area contributed by atoms with Crippen molar-refractivity contribution in [2.75, 3.05) is 44.8 Å². The van der Waals surface area contributed by atoms with E-state index in [1.54, 1.807) is 19.2 Å². The van der Waals surface area contributed by atoms with Gasteiger partial charge in [-0.05, 0) is 80.7 Å². The van der Waals surface area contributed by atoms with E-state index in [4.69, 9.17) is 19.7 Å². The van der Waals surface area contributed by atoms with Crippen LogP contribution < -0.4 is 9.64 Å². The van der Waals surface area contributed by atoms with Gasteiger partial charge in [0.1, 0.15) is 6.61 Å². The van der Waals surface area contributed by atoms with Crippen LogP contribution in [0.25, 0.3) is 0 Å². The highest BCUT2D eigenvalue weighted by atomic mass is 16.5. The van der Waals surface area contributed by atoms with E-state index in [0.717, 1.165) is 59.7 Å². The molecule has 0 unspecified atom stereocenters. The fourth-order valence-corrected chi connectivity index (χ4v) is 5.23. The molecule has 0 amide bonds. The summed E-state index contributed by atoms with van der Waals surface area (Å²) in [5, 5.41) is 18.7. The zero-order chi connectivity index (χ0) is 29.4. The summed E-state index contributed by atoms with van der Waals surface area (Å²) in [5.74, 6) is 0.00503. The fraction of sp³-hybridized carbons (Fsp3) is 0.364. The number of nitrogens with zero attached hydrogens (tertiary/aromatic N) is 4. The number of aromatic carboxylic acids is 1. The van der Waals surface area contributed by atoms with E-state index in [9.17, 15) is 9.90 Å². The van der Waals surface area contributed by atoms with Gasteiger partial charge < -0.3 is 19.5 Å². The number of carboxylic acid groups (broad SMARTS) is 1. The fourth-order valence-electron chi connectivity index (χ4n) is 5.23. The number of carbonyl (C=O) groups is 1. The molecular formula is C33H38N4O4. The Morgan fingerprint density at radius 3 is 2.61 bits per heavy atom. The summed E-state index contributed by atoms with van der Waals surface area (Å²) < 4.78 is 11.3. The van der Waals surface area contributed by atoms with Gasteiger partial charge in [0.15, 0.2) is 0 Å². The maximum atomic E-state index is 11.6. The normalized spacial score (nSPS) is 13.9. The van der Waals surface area contributed by atoms with Crippen molar-refractivity contribution in [3.8, 4) is 11.9 Å². The molecule has 8 nitrogen and oxygen atoms in total. The molecule has 2 aromatic carbocycles. The third-order valence-corrected chi connectivity index (χ3v) is 7.60. The second-order valence-electron chi connectivity index (χ2n) is 10.5. The number of methoxy groups -OCH3 is 1. The van der Waals surface area contributed by atoms with Gasteiger partial charge >= 0.3 is 5.97 Å². The number of ether oxygens (including phenoxy) is 2. The lowest BCUT2D eigenvalue weighted by Crippen LogP contribution is -2.39. The summed E-state index contributed by atoms with van der Waals surface area (Å²) in [7, 11) is 1.66. The first-order valence-electron chi connectivity index (χ1n) is 13.9. The first-order valence-corrected chi connectivity index (χ1v) is 13.9. The Balaban J connectivity index is 1.35. The molecule has 0 bridgehead atoms. The Labute approximate surface area is 242 Å². The summed E-state index contributed by atoms with van der Waals surface area (Å²) in [6.07, 6.45) is 1.95. The van der Waals surface area contributed by atoms with Crippen molar-refractivity contribution in [3.05, 3.63) is 100 Å². The Kier molecular flexibility index (Phi) is 10.1. The number of likely N-dealkylation sites (tertiary alicyclic amines) is 1. The lowest BCUT2D eigenvalue weighted by atomic mass is 9.93. The summed E-state index contributed by atoms with van der Waals surface area (Å²) in [6, 6.07) is 19.1. The summed E-state index contributed by atoms with van der Waals surface area (Å²) in [4.78, 5) is 20.9. The zero-order valence-corrected chi connectivity index (χ0v) is 24.1. The van der Waals surface area contributed by atoms with Gasteiger partial charge in [-0.15, -0.1) is 0 Å². The van der Waals surface area contributed by atoms with Gasteiger partial charge in [0.2, 0.25) is 5.88 Å². The van der Waals surface area contributed by atoms with Crippen molar-refractivity contribution >= 4 is 11.7 Å². The minimum absolute atomic E-state index is 0.257. The molecule has 0 atom stereocenters. The second-order valence-corrected chi connectivity index (χ2v) is 10.5. The minimum Gasteiger partial charge on any atom is -0.478 e. The van der Waals surface area contributed by atoms with Gasteiger partial charge in [0.25, 0.3) is 0 Å². The number of anilines is 1. The minimum atomic E-state index is -0.946. The summed E-state index contributed by atoms with van der Waals surface area (Å²) >= 11 is 0. The predicted molar refractivity (Wildman–Crippen MR) is 159 cm³/mol. The maximum Gasteiger partial charge on any atom is 0.335 e. The molecule has 214 valence electrons. The molecule has 0 radical (unpaired) electrons. The van der Waals surface area contributed by atoms with E-state index in [2.05, 4.69) is 28.5 Å². The van der Waals surface area contributed by atoms with Gasteiger partial charge in [-0.25, -0.2) is 9.78 Å². The number of rotatable bonds is 12. The smallest absolute Gasteiger partial charge is 0.335 e. The molecule has 1 aliphatic heterocycles. The molecule has 2 heterocycles. The number of aromatic nitrogens is 1. The molecule has 4 rings (SSSR count). The van der Waals surface area contributed by atoms with E-state index in [-0.39, 0.29) is 5.56 Å². The molecule has 1 fully saturated rings. The first-order chi connectivity index (χ1) is 19.8. The third-order valence-electron chi connectivity index (χ3n) is 7.60. The van der Waals surface area contributed by atoms with E-state index in [0.29, 0.717) is 43.7 Å². The van der Waals surface area contributed by atoms with Crippen LogP contribution in [0.3, 0.4) is 0 Å². The lowest BCUT2D eigenvalue weighted by molar-refractivity contribution is 0.0697. The van der Waals surface area contributed by atoms with E-state index in [1.165, 1.54) is 0 Å². The molecular weight excluding hydrogens is 516 g/mol. The Morgan fingerprint density at radius 2 is 1.93 bits per heavy atom. The first kappa shape index (κ1) is 29.8. The van der Waals surface area contributed by atoms with Crippen molar-refractivity contribution in [1.82, 2.24) is 9.88 Å². The van der Waals surface area contributed by atoms with Crippen molar-refractivity contribution < 1.29 is 19.4 Å². The van der Waals surface area contributed by atoms with Crippen LogP contribution in [-0.2, 0) is 11.3 Å². The SMILES string of the molecule is C=C(CN1CCC(c2cccc(OCc3ccc(C#N)c(C)c3)n2)CC1)N(CCOC)c1cc(C(=O)O)ccc1C. The van der Waals surface area contributed by atoms with Crippen molar-refractivity contribution in [2.24, 2.45) is 0 Å². The van der Waals surface area contributed by atoms with E-state index >= 15 is 0 Å². The van der Waals surface area contributed by atoms with E-state index in [1.807, 2.05) is 50.2 Å². The van der Waals surface area contributed by atoms with Gasteiger partial charge in [0.05, 0.1) is 23.8 Å². The largest absolute Gasteiger partial charge is 0.478 e. The number of aryl methyl sites for hydroxylation is 2. The van der Waals surface area contributed by atoms with Gasteiger partial charge in [-0.2, -0.15) is 5.26 Å². The highest BCUT2D eigenvalue weighted by Crippen LogP contribution is 2.30. The molecule has 8 heteroatoms. The van der Waals surface area contributed by atoms with Crippen LogP contribution >= 0.6 is 0 Å². The van der Waals surface area contributed by atoms with Crippen LogP contribution in [0.2, 0.25) is 0 Å². The van der Waals surface area contributed by atoms with Crippen LogP contribution in [0.1, 0.15) is 57.1 Å². The van der Waals surface area contributed by atoms with Crippen LogP contribution in [0.4, 0.5) is 5.69 Å². The Hall–Kier alpha value is -4.19. The van der Waals surface area contributed by atoms with Crippen LogP contribution in [0.15, 0.2) is 66.9 Å². The topological polar surface area (TPSA) is 98.9 Å². The molecule has 0 aliphatic carbocycles. The molecule has 1 aromatic heterocycles. The predicted octanol–water partition coefficient (Wildman–Crippen LogP) is 5.69. The Bertz CT molecular complexity index is 1420. The average molecular weight is 555 g/mol. The Morgan fingerprint density at radius 1 is 1.15 bits per heavy atom. The molecule has 0 spiro atoms. The maximum absolute atomic E-state index is 11.6. The van der Waals surface area contributed by atoms with Crippen molar-refractivity contribution in [1.29, 1.82) is 5.26 Å². The number of nitriles is 1. The number of hydrogen-bond acceptors (Lipinski definition) is 7. The molecule has 0 saturated carbocycles. The van der Waals surface area contributed by atoms with Crippen molar-refractivity contribution in [2.45, 2.75) is 39.2 Å². The van der Waals surface area contributed by atoms with Gasteiger partial charge in [-0.3, -0.25) is 4.90 Å². The molecule has 41 heavy (non-hydrogen) atoms. The number of pyridine rings is 1.